The van der Waals surface area contributed by atoms with E-state index in [1.54, 1.807) is 12.3 Å². The summed E-state index contributed by atoms with van der Waals surface area (Å²) >= 11 is 0. The van der Waals surface area contributed by atoms with Gasteiger partial charge in [-0.2, -0.15) is 5.26 Å². The number of likely N-dealkylation sites (tertiary alicyclic amines) is 1. The molecule has 4 rings (SSSR count). The Labute approximate surface area is 177 Å². The van der Waals surface area contributed by atoms with Gasteiger partial charge in [-0.25, -0.2) is 4.98 Å². The van der Waals surface area contributed by atoms with E-state index < -0.39 is 0 Å². The van der Waals surface area contributed by atoms with E-state index in [0.29, 0.717) is 18.3 Å². The highest BCUT2D eigenvalue weighted by atomic mass is 16.1. The van der Waals surface area contributed by atoms with E-state index in [2.05, 4.69) is 31.2 Å². The SMILES string of the molecule is N#Cc1cccc(N2CCC(N3CCC[C@@H](C(=O)NCc4ccccn4)C3)CC2)n1. The van der Waals surface area contributed by atoms with Crippen LogP contribution in [0.15, 0.2) is 42.6 Å². The molecule has 0 aromatic carbocycles. The molecule has 30 heavy (non-hydrogen) atoms. The monoisotopic (exact) mass is 404 g/mol. The van der Waals surface area contributed by atoms with Crippen molar-refractivity contribution in [3.63, 3.8) is 0 Å². The Kier molecular flexibility index (Phi) is 6.55. The fourth-order valence-electron chi connectivity index (χ4n) is 4.50. The number of nitrogens with zero attached hydrogens (tertiary/aromatic N) is 5. The van der Waals surface area contributed by atoms with Gasteiger partial charge in [-0.1, -0.05) is 12.1 Å². The molecule has 2 fully saturated rings. The smallest absolute Gasteiger partial charge is 0.224 e. The summed E-state index contributed by atoms with van der Waals surface area (Å²) in [6.45, 7) is 4.25. The van der Waals surface area contributed by atoms with Crippen molar-refractivity contribution in [1.82, 2.24) is 20.2 Å². The summed E-state index contributed by atoms with van der Waals surface area (Å²) < 4.78 is 0. The molecule has 0 radical (unpaired) electrons. The van der Waals surface area contributed by atoms with Crippen LogP contribution in [0.3, 0.4) is 0 Å². The Hall–Kier alpha value is -2.98. The second kappa shape index (κ2) is 9.68. The van der Waals surface area contributed by atoms with Crippen molar-refractivity contribution in [2.45, 2.75) is 38.3 Å². The van der Waals surface area contributed by atoms with Crippen molar-refractivity contribution in [3.05, 3.63) is 54.0 Å². The second-order valence-corrected chi connectivity index (χ2v) is 8.08. The van der Waals surface area contributed by atoms with E-state index in [0.717, 1.165) is 63.4 Å². The van der Waals surface area contributed by atoms with Crippen LogP contribution in [-0.2, 0) is 11.3 Å². The largest absolute Gasteiger partial charge is 0.356 e. The molecule has 0 bridgehead atoms. The Morgan fingerprint density at radius 1 is 1.13 bits per heavy atom. The average Bonchev–Trinajstić information content (AvgIpc) is 2.83. The van der Waals surface area contributed by atoms with Crippen LogP contribution in [0.2, 0.25) is 0 Å². The maximum atomic E-state index is 12.7. The summed E-state index contributed by atoms with van der Waals surface area (Å²) in [6.07, 6.45) is 5.88. The summed E-state index contributed by atoms with van der Waals surface area (Å²) in [5.74, 6) is 1.08. The standard InChI is InChI=1S/C23H28N6O/c24-15-19-7-3-8-22(27-19)28-13-9-21(10-14-28)29-12-4-5-18(17-29)23(30)26-16-20-6-1-2-11-25-20/h1-3,6-8,11,18,21H,4-5,9-10,12-14,16-17H2,(H,26,30)/t18-/m1/s1. The lowest BCUT2D eigenvalue weighted by Crippen LogP contribution is -2.51. The molecule has 2 aliphatic rings. The number of amides is 1. The van der Waals surface area contributed by atoms with Crippen molar-refractivity contribution in [3.8, 4) is 6.07 Å². The number of rotatable bonds is 5. The third-order valence-electron chi connectivity index (χ3n) is 6.15. The summed E-state index contributed by atoms with van der Waals surface area (Å²) in [4.78, 5) is 26.2. The number of aromatic nitrogens is 2. The number of nitrogens with one attached hydrogen (secondary N) is 1. The van der Waals surface area contributed by atoms with Crippen LogP contribution >= 0.6 is 0 Å². The average molecular weight is 405 g/mol. The van der Waals surface area contributed by atoms with Crippen LogP contribution in [0.4, 0.5) is 5.82 Å². The first-order chi connectivity index (χ1) is 14.7. The minimum Gasteiger partial charge on any atom is -0.356 e. The van der Waals surface area contributed by atoms with E-state index in [4.69, 9.17) is 5.26 Å². The number of carbonyl (C=O) groups excluding carboxylic acids is 1. The zero-order chi connectivity index (χ0) is 20.8. The van der Waals surface area contributed by atoms with Crippen LogP contribution in [0.25, 0.3) is 0 Å². The first-order valence-electron chi connectivity index (χ1n) is 10.8. The van der Waals surface area contributed by atoms with Gasteiger partial charge in [0.1, 0.15) is 17.6 Å². The van der Waals surface area contributed by atoms with Crippen molar-refractivity contribution < 1.29 is 4.79 Å². The number of pyridine rings is 2. The lowest BCUT2D eigenvalue weighted by atomic mass is 9.93. The van der Waals surface area contributed by atoms with E-state index in [-0.39, 0.29) is 11.8 Å². The maximum Gasteiger partial charge on any atom is 0.224 e. The predicted octanol–water partition coefficient (Wildman–Crippen LogP) is 2.35. The highest BCUT2D eigenvalue weighted by molar-refractivity contribution is 5.78. The molecule has 4 heterocycles. The van der Waals surface area contributed by atoms with Crippen LogP contribution in [-0.4, -0.2) is 53.0 Å². The van der Waals surface area contributed by atoms with E-state index in [1.807, 2.05) is 30.3 Å². The summed E-state index contributed by atoms with van der Waals surface area (Å²) in [5, 5.41) is 12.1. The van der Waals surface area contributed by atoms with E-state index in [1.165, 1.54) is 0 Å². The molecule has 1 atom stereocenters. The number of anilines is 1. The normalized spacial score (nSPS) is 20.5. The number of nitriles is 1. The van der Waals surface area contributed by atoms with Gasteiger partial charge < -0.3 is 10.2 Å². The second-order valence-electron chi connectivity index (χ2n) is 8.08. The van der Waals surface area contributed by atoms with Crippen molar-refractivity contribution >= 4 is 11.7 Å². The van der Waals surface area contributed by atoms with Gasteiger partial charge in [0.05, 0.1) is 18.2 Å². The lowest BCUT2D eigenvalue weighted by molar-refractivity contribution is -0.127. The number of hydrogen-bond donors (Lipinski definition) is 1. The highest BCUT2D eigenvalue weighted by Gasteiger charge is 2.31. The molecule has 2 aliphatic heterocycles. The van der Waals surface area contributed by atoms with Crippen molar-refractivity contribution in [2.75, 3.05) is 31.1 Å². The van der Waals surface area contributed by atoms with Gasteiger partial charge in [0.15, 0.2) is 0 Å². The molecule has 1 N–H and O–H groups in total. The molecule has 7 heteroatoms. The summed E-state index contributed by atoms with van der Waals surface area (Å²) in [5.41, 5.74) is 1.35. The quantitative estimate of drug-likeness (QED) is 0.823. The van der Waals surface area contributed by atoms with Crippen molar-refractivity contribution in [1.29, 1.82) is 5.26 Å². The zero-order valence-electron chi connectivity index (χ0n) is 17.2. The molecule has 2 aromatic heterocycles. The molecule has 0 saturated carbocycles. The molecule has 7 nitrogen and oxygen atoms in total. The fraction of sp³-hybridized carbons (Fsp3) is 0.478. The highest BCUT2D eigenvalue weighted by Crippen LogP contribution is 2.26. The van der Waals surface area contributed by atoms with Crippen LogP contribution in [0, 0.1) is 17.2 Å². The fourth-order valence-corrected chi connectivity index (χ4v) is 4.50. The molecular formula is C23H28N6O. The minimum atomic E-state index is 0.0504. The Morgan fingerprint density at radius 2 is 2.00 bits per heavy atom. The molecule has 1 amide bonds. The summed E-state index contributed by atoms with van der Waals surface area (Å²) in [6, 6.07) is 14.0. The zero-order valence-corrected chi connectivity index (χ0v) is 17.2. The van der Waals surface area contributed by atoms with Crippen LogP contribution in [0.1, 0.15) is 37.1 Å². The number of carbonyl (C=O) groups is 1. The van der Waals surface area contributed by atoms with Gasteiger partial charge >= 0.3 is 0 Å². The maximum absolute atomic E-state index is 12.7. The van der Waals surface area contributed by atoms with Gasteiger partial charge in [-0.3, -0.25) is 14.7 Å². The number of hydrogen-bond acceptors (Lipinski definition) is 6. The Balaban J connectivity index is 1.27. The minimum absolute atomic E-state index is 0.0504. The predicted molar refractivity (Wildman–Crippen MR) is 115 cm³/mol. The molecular weight excluding hydrogens is 376 g/mol. The topological polar surface area (TPSA) is 85.2 Å². The molecule has 2 aromatic rings. The third-order valence-corrected chi connectivity index (χ3v) is 6.15. The molecule has 156 valence electrons. The van der Waals surface area contributed by atoms with E-state index in [9.17, 15) is 4.79 Å². The molecule has 2 saturated heterocycles. The lowest BCUT2D eigenvalue weighted by Gasteiger charge is -2.42. The van der Waals surface area contributed by atoms with E-state index >= 15 is 0 Å². The van der Waals surface area contributed by atoms with Gasteiger partial charge in [-0.05, 0) is 56.5 Å². The third kappa shape index (κ3) is 4.95. The van der Waals surface area contributed by atoms with Crippen LogP contribution in [0.5, 0.6) is 0 Å². The summed E-state index contributed by atoms with van der Waals surface area (Å²) in [7, 11) is 0. The molecule has 0 unspecified atom stereocenters. The van der Waals surface area contributed by atoms with Gasteiger partial charge in [0, 0.05) is 31.9 Å². The number of piperidine rings is 2. The van der Waals surface area contributed by atoms with Crippen molar-refractivity contribution in [2.24, 2.45) is 5.92 Å². The first-order valence-corrected chi connectivity index (χ1v) is 10.8. The van der Waals surface area contributed by atoms with Crippen LogP contribution < -0.4 is 10.2 Å². The Bertz CT molecular complexity index is 888. The molecule has 0 aliphatic carbocycles. The van der Waals surface area contributed by atoms with Gasteiger partial charge in [0.25, 0.3) is 0 Å². The Morgan fingerprint density at radius 3 is 2.77 bits per heavy atom. The van der Waals surface area contributed by atoms with Gasteiger partial charge in [-0.15, -0.1) is 0 Å². The molecule has 0 spiro atoms. The first kappa shape index (κ1) is 20.3. The van der Waals surface area contributed by atoms with Gasteiger partial charge in [0.2, 0.25) is 5.91 Å².